The van der Waals surface area contributed by atoms with Crippen molar-refractivity contribution in [2.24, 2.45) is 0 Å². The summed E-state index contributed by atoms with van der Waals surface area (Å²) in [5, 5.41) is 0. The summed E-state index contributed by atoms with van der Waals surface area (Å²) < 4.78 is 0. The van der Waals surface area contributed by atoms with Crippen LogP contribution in [0.4, 0.5) is 0 Å². The summed E-state index contributed by atoms with van der Waals surface area (Å²) in [6, 6.07) is 0. The minimum absolute atomic E-state index is 0. The fraction of sp³-hybridized carbons (Fsp3) is 0. The fourth-order valence-electron chi connectivity index (χ4n) is 0. The first kappa shape index (κ1) is 40.7. The molecule has 0 radical (unpaired) electrons. The van der Waals surface area contributed by atoms with E-state index in [1.165, 1.54) is 0 Å². The van der Waals surface area contributed by atoms with Crippen molar-refractivity contribution < 1.29 is 126 Å². The van der Waals surface area contributed by atoms with Crippen LogP contribution in [0.25, 0.3) is 0 Å². The van der Waals surface area contributed by atoms with Crippen LogP contribution in [0.1, 0.15) is 7.13 Å². The average molecular weight is 308 g/mol. The SMILES string of the molecule is [H-].[H-].[H-].[H-].[H-].[K+].[Li+].[Na+].[SeH2].[Sr+2].[Zn]. The maximum absolute atomic E-state index is 0. The van der Waals surface area contributed by atoms with Gasteiger partial charge < -0.3 is 7.13 Å². The zero-order valence-corrected chi connectivity index (χ0v) is 18.6. The number of hydrogen-bond acceptors (Lipinski definition) is 0. The van der Waals surface area contributed by atoms with Gasteiger partial charge in [0.15, 0.2) is 0 Å². The van der Waals surface area contributed by atoms with E-state index in [9.17, 15) is 0 Å². The van der Waals surface area contributed by atoms with Gasteiger partial charge in [0.2, 0.25) is 0 Å². The van der Waals surface area contributed by atoms with E-state index in [2.05, 4.69) is 0 Å². The first-order valence-corrected chi connectivity index (χ1v) is 0. The molecule has 0 aliphatic carbocycles. The van der Waals surface area contributed by atoms with Gasteiger partial charge in [0.1, 0.15) is 0 Å². The molecule has 0 N–H and O–H groups in total. The third-order valence-electron chi connectivity index (χ3n) is 0. The van der Waals surface area contributed by atoms with Gasteiger partial charge >= 0.3 is 162 Å². The second-order valence-corrected chi connectivity index (χ2v) is 0. The molecule has 0 aliphatic heterocycles. The summed E-state index contributed by atoms with van der Waals surface area (Å²) in [6.45, 7) is 0. The number of hydrogen-bond donors (Lipinski definition) is 0. The Morgan fingerprint density at radius 3 is 1.17 bits per heavy atom. The van der Waals surface area contributed by atoms with Crippen LogP contribution in [0, 0.1) is 0 Å². The molecule has 0 spiro atoms. The molecule has 0 rings (SSSR count). The van der Waals surface area contributed by atoms with Crippen LogP contribution in [-0.4, -0.2) is 62.6 Å². The van der Waals surface area contributed by atoms with E-state index in [0.717, 1.165) is 0 Å². The van der Waals surface area contributed by atoms with Crippen molar-refractivity contribution in [1.29, 1.82) is 0 Å². The predicted molar refractivity (Wildman–Crippen MR) is 19.9 cm³/mol. The second-order valence-electron chi connectivity index (χ2n) is 0. The van der Waals surface area contributed by atoms with Crippen LogP contribution in [0.3, 0.4) is 0 Å². The molecule has 6 heteroatoms. The van der Waals surface area contributed by atoms with Crippen LogP contribution >= 0.6 is 0 Å². The molecule has 0 amide bonds. The van der Waals surface area contributed by atoms with Crippen molar-refractivity contribution >= 4 is 62.6 Å². The standard InChI is InChI=1S/K.Li.Na.H2Se.Sr.Zn.5H/h;;;1H2;;;;;;;/q3*+1;;+2;;5*-1. The Labute approximate surface area is 183 Å². The largest absolute Gasteiger partial charge is 2.00 e. The van der Waals surface area contributed by atoms with Gasteiger partial charge in [-0.15, -0.1) is 0 Å². The topological polar surface area (TPSA) is 0 Å². The Balaban J connectivity index is 0. The van der Waals surface area contributed by atoms with E-state index in [4.69, 9.17) is 0 Å². The van der Waals surface area contributed by atoms with Crippen LogP contribution in [0.2, 0.25) is 0 Å². The van der Waals surface area contributed by atoms with Crippen LogP contribution in [0.15, 0.2) is 0 Å². The summed E-state index contributed by atoms with van der Waals surface area (Å²) in [4.78, 5) is 0. The zero-order valence-electron chi connectivity index (χ0n) is 9.91. The van der Waals surface area contributed by atoms with Crippen LogP contribution < -0.4 is 99.8 Å². The Bertz CT molecular complexity index is 26.4. The Hall–Kier alpha value is 5.86. The predicted octanol–water partition coefficient (Wildman–Crippen LogP) is -9.72. The molecule has 6 heavy (non-hydrogen) atoms. The van der Waals surface area contributed by atoms with Gasteiger partial charge in [-0.05, 0) is 0 Å². The molecule has 0 saturated carbocycles. The molecule has 0 bridgehead atoms. The molecule has 0 saturated heterocycles. The van der Waals surface area contributed by atoms with Gasteiger partial charge in [0, 0.05) is 19.5 Å². The molecular weight excluding hydrogens is 301 g/mol. The molecule has 0 unspecified atom stereocenters. The van der Waals surface area contributed by atoms with Crippen LogP contribution in [0.5, 0.6) is 0 Å². The third-order valence-corrected chi connectivity index (χ3v) is 0. The minimum Gasteiger partial charge on any atom is 0 e. The van der Waals surface area contributed by atoms with Gasteiger partial charge in [0.25, 0.3) is 0 Å². The maximum Gasteiger partial charge on any atom is 2.00 e. The maximum atomic E-state index is 0. The molecular formula is H7KLiNaSeSrZn. The molecule has 0 aromatic carbocycles. The van der Waals surface area contributed by atoms with E-state index in [1.807, 2.05) is 0 Å². The van der Waals surface area contributed by atoms with Gasteiger partial charge in [0.05, 0.1) is 0 Å². The molecule has 0 heterocycles. The van der Waals surface area contributed by atoms with Crippen molar-refractivity contribution in [2.75, 3.05) is 0 Å². The van der Waals surface area contributed by atoms with Gasteiger partial charge in [-0.2, -0.15) is 0 Å². The normalized spacial score (nSPS) is 0. The van der Waals surface area contributed by atoms with Crippen molar-refractivity contribution in [2.45, 2.75) is 0 Å². The first-order valence-electron chi connectivity index (χ1n) is 0. The van der Waals surface area contributed by atoms with Crippen molar-refractivity contribution in [3.63, 3.8) is 0 Å². The summed E-state index contributed by atoms with van der Waals surface area (Å²) in [5.74, 6) is 0. The van der Waals surface area contributed by atoms with E-state index in [1.54, 1.807) is 0 Å². The Morgan fingerprint density at radius 1 is 1.17 bits per heavy atom. The van der Waals surface area contributed by atoms with Gasteiger partial charge in [-0.1, -0.05) is 0 Å². The molecule has 0 aromatic heterocycles. The van der Waals surface area contributed by atoms with Crippen LogP contribution in [-0.2, 0) is 19.5 Å². The molecule has 0 aliphatic rings. The fourth-order valence-corrected chi connectivity index (χ4v) is 0. The van der Waals surface area contributed by atoms with Gasteiger partial charge in [-0.25, -0.2) is 0 Å². The smallest absolute Gasteiger partial charge is 0 e. The third kappa shape index (κ3) is 22.5. The summed E-state index contributed by atoms with van der Waals surface area (Å²) in [7, 11) is 0. The minimum atomic E-state index is 0. The number of rotatable bonds is 0. The average Bonchev–Trinajstić information content (AvgIpc) is 0. The van der Waals surface area contributed by atoms with E-state index in [0.29, 0.717) is 0 Å². The summed E-state index contributed by atoms with van der Waals surface area (Å²) >= 11 is 0. The van der Waals surface area contributed by atoms with E-state index in [-0.39, 0.29) is 189 Å². The summed E-state index contributed by atoms with van der Waals surface area (Å²) in [5.41, 5.74) is 0. The van der Waals surface area contributed by atoms with Gasteiger partial charge in [-0.3, -0.25) is 0 Å². The van der Waals surface area contributed by atoms with E-state index >= 15 is 0 Å². The molecule has 20 valence electrons. The zero-order chi connectivity index (χ0) is 0. The molecule has 0 atom stereocenters. The molecule has 0 fully saturated rings. The Morgan fingerprint density at radius 2 is 1.17 bits per heavy atom. The first-order chi connectivity index (χ1) is 0. The summed E-state index contributed by atoms with van der Waals surface area (Å²) in [6.07, 6.45) is 0. The molecule has 0 aromatic rings. The Kier molecular flexibility index (Phi) is 209. The van der Waals surface area contributed by atoms with Crippen molar-refractivity contribution in [1.82, 2.24) is 0 Å². The quantitative estimate of drug-likeness (QED) is 0.390. The second kappa shape index (κ2) is 30.8. The van der Waals surface area contributed by atoms with Crippen molar-refractivity contribution in [3.8, 4) is 0 Å². The van der Waals surface area contributed by atoms with Crippen molar-refractivity contribution in [3.05, 3.63) is 0 Å². The molecule has 0 nitrogen and oxygen atoms in total. The monoisotopic (exact) mass is 308 g/mol. The van der Waals surface area contributed by atoms with E-state index < -0.39 is 0 Å².